The highest BCUT2D eigenvalue weighted by atomic mass is 16.2. The zero-order valence-electron chi connectivity index (χ0n) is 11.6. The van der Waals surface area contributed by atoms with Gasteiger partial charge in [-0.25, -0.2) is 0 Å². The number of amides is 1. The standard InChI is InChI=1S/C16H23NO2/c1-17(10-6-3-7-11-18)16(19)15-12-14(15)13-8-4-2-5-9-13/h2,4-5,8-9,14-15,18H,3,6-7,10-12H2,1H3. The fraction of sp³-hybridized carbons (Fsp3) is 0.562. The molecule has 0 heterocycles. The van der Waals surface area contributed by atoms with Crippen molar-refractivity contribution in [2.75, 3.05) is 20.2 Å². The second-order valence-electron chi connectivity index (χ2n) is 5.40. The average molecular weight is 261 g/mol. The van der Waals surface area contributed by atoms with Crippen molar-refractivity contribution in [3.8, 4) is 0 Å². The van der Waals surface area contributed by atoms with Crippen LogP contribution in [0.2, 0.25) is 0 Å². The first-order chi connectivity index (χ1) is 9.24. The van der Waals surface area contributed by atoms with Crippen LogP contribution in [0.3, 0.4) is 0 Å². The summed E-state index contributed by atoms with van der Waals surface area (Å²) in [6, 6.07) is 10.3. The van der Waals surface area contributed by atoms with Crippen molar-refractivity contribution in [3.63, 3.8) is 0 Å². The molecule has 0 aliphatic heterocycles. The maximum atomic E-state index is 12.2. The van der Waals surface area contributed by atoms with Crippen molar-refractivity contribution in [3.05, 3.63) is 35.9 Å². The van der Waals surface area contributed by atoms with Crippen LogP contribution in [0.4, 0.5) is 0 Å². The number of aliphatic hydroxyl groups is 1. The van der Waals surface area contributed by atoms with E-state index in [0.29, 0.717) is 5.92 Å². The van der Waals surface area contributed by atoms with Gasteiger partial charge in [-0.2, -0.15) is 0 Å². The van der Waals surface area contributed by atoms with E-state index in [-0.39, 0.29) is 18.4 Å². The highest BCUT2D eigenvalue weighted by Gasteiger charge is 2.44. The lowest BCUT2D eigenvalue weighted by Crippen LogP contribution is -2.29. The lowest BCUT2D eigenvalue weighted by atomic mass is 10.1. The normalized spacial score (nSPS) is 21.2. The highest BCUT2D eigenvalue weighted by Crippen LogP contribution is 2.48. The fourth-order valence-electron chi connectivity index (χ4n) is 2.57. The Hall–Kier alpha value is -1.35. The third-order valence-corrected chi connectivity index (χ3v) is 3.86. The van der Waals surface area contributed by atoms with Crippen LogP contribution in [-0.4, -0.2) is 36.1 Å². The van der Waals surface area contributed by atoms with Crippen molar-refractivity contribution in [2.24, 2.45) is 5.92 Å². The van der Waals surface area contributed by atoms with Crippen LogP contribution in [0.25, 0.3) is 0 Å². The molecule has 0 aromatic heterocycles. The predicted octanol–water partition coefficient (Wildman–Crippen LogP) is 2.41. The monoisotopic (exact) mass is 261 g/mol. The minimum absolute atomic E-state index is 0.185. The Bertz CT molecular complexity index is 404. The third kappa shape index (κ3) is 3.80. The van der Waals surface area contributed by atoms with Gasteiger partial charge in [-0.1, -0.05) is 30.3 Å². The van der Waals surface area contributed by atoms with Gasteiger partial charge in [0.2, 0.25) is 5.91 Å². The van der Waals surface area contributed by atoms with Gasteiger partial charge in [0.25, 0.3) is 0 Å². The van der Waals surface area contributed by atoms with E-state index >= 15 is 0 Å². The van der Waals surface area contributed by atoms with Gasteiger partial charge >= 0.3 is 0 Å². The number of hydrogen-bond donors (Lipinski definition) is 1. The van der Waals surface area contributed by atoms with Gasteiger partial charge in [-0.05, 0) is 37.2 Å². The summed E-state index contributed by atoms with van der Waals surface area (Å²) in [4.78, 5) is 14.1. The van der Waals surface area contributed by atoms with E-state index in [0.717, 1.165) is 32.2 Å². The molecule has 0 bridgehead atoms. The van der Waals surface area contributed by atoms with Gasteiger partial charge in [0.15, 0.2) is 0 Å². The molecule has 3 heteroatoms. The minimum atomic E-state index is 0.185. The molecule has 1 saturated carbocycles. The summed E-state index contributed by atoms with van der Waals surface area (Å²) < 4.78 is 0. The molecular weight excluding hydrogens is 238 g/mol. The van der Waals surface area contributed by atoms with Crippen LogP contribution in [-0.2, 0) is 4.79 Å². The van der Waals surface area contributed by atoms with Gasteiger partial charge < -0.3 is 10.0 Å². The van der Waals surface area contributed by atoms with Crippen molar-refractivity contribution in [1.82, 2.24) is 4.90 Å². The predicted molar refractivity (Wildman–Crippen MR) is 75.9 cm³/mol. The van der Waals surface area contributed by atoms with E-state index in [9.17, 15) is 4.79 Å². The maximum absolute atomic E-state index is 12.2. The third-order valence-electron chi connectivity index (χ3n) is 3.86. The number of carbonyl (C=O) groups excluding carboxylic acids is 1. The highest BCUT2D eigenvalue weighted by molar-refractivity contribution is 5.82. The van der Waals surface area contributed by atoms with Crippen LogP contribution in [0.1, 0.15) is 37.2 Å². The van der Waals surface area contributed by atoms with Gasteiger partial charge in [0.05, 0.1) is 0 Å². The molecule has 3 nitrogen and oxygen atoms in total. The van der Waals surface area contributed by atoms with E-state index in [2.05, 4.69) is 12.1 Å². The van der Waals surface area contributed by atoms with Crippen LogP contribution in [0.5, 0.6) is 0 Å². The summed E-state index contributed by atoms with van der Waals surface area (Å²) in [5.41, 5.74) is 1.29. The van der Waals surface area contributed by atoms with Crippen LogP contribution in [0.15, 0.2) is 30.3 Å². The molecule has 1 amide bonds. The lowest BCUT2D eigenvalue weighted by Gasteiger charge is -2.17. The Morgan fingerprint density at radius 1 is 1.26 bits per heavy atom. The summed E-state index contributed by atoms with van der Waals surface area (Å²) >= 11 is 0. The van der Waals surface area contributed by atoms with Gasteiger partial charge in [-0.3, -0.25) is 4.79 Å². The van der Waals surface area contributed by atoms with E-state index in [4.69, 9.17) is 5.11 Å². The fourth-order valence-corrected chi connectivity index (χ4v) is 2.57. The summed E-state index contributed by atoms with van der Waals surface area (Å²) in [7, 11) is 1.89. The molecule has 2 unspecified atom stereocenters. The molecule has 0 saturated heterocycles. The Morgan fingerprint density at radius 3 is 2.68 bits per heavy atom. The van der Waals surface area contributed by atoms with Crippen molar-refractivity contribution in [1.29, 1.82) is 0 Å². The van der Waals surface area contributed by atoms with E-state index in [1.54, 1.807) is 0 Å². The molecule has 19 heavy (non-hydrogen) atoms. The molecular formula is C16H23NO2. The summed E-state index contributed by atoms with van der Waals surface area (Å²) in [5.74, 6) is 0.886. The van der Waals surface area contributed by atoms with Gasteiger partial charge in [0, 0.05) is 26.1 Å². The Balaban J connectivity index is 1.76. The molecule has 1 aliphatic carbocycles. The Morgan fingerprint density at radius 2 is 2.00 bits per heavy atom. The van der Waals surface area contributed by atoms with Crippen molar-refractivity contribution >= 4 is 5.91 Å². The average Bonchev–Trinajstić information content (AvgIpc) is 3.24. The van der Waals surface area contributed by atoms with E-state index in [1.807, 2.05) is 30.1 Å². The first-order valence-corrected chi connectivity index (χ1v) is 7.15. The molecule has 2 atom stereocenters. The van der Waals surface area contributed by atoms with Crippen LogP contribution >= 0.6 is 0 Å². The second kappa shape index (κ2) is 6.71. The molecule has 0 spiro atoms. The van der Waals surface area contributed by atoms with E-state index in [1.165, 1.54) is 5.56 Å². The smallest absolute Gasteiger partial charge is 0.226 e. The number of aliphatic hydroxyl groups excluding tert-OH is 1. The molecule has 1 aliphatic rings. The summed E-state index contributed by atoms with van der Waals surface area (Å²) in [6.45, 7) is 1.05. The van der Waals surface area contributed by atoms with Crippen LogP contribution in [0, 0.1) is 5.92 Å². The molecule has 1 fully saturated rings. The maximum Gasteiger partial charge on any atom is 0.226 e. The molecule has 0 radical (unpaired) electrons. The molecule has 1 aromatic carbocycles. The number of unbranched alkanes of at least 4 members (excludes halogenated alkanes) is 2. The van der Waals surface area contributed by atoms with Gasteiger partial charge in [0.1, 0.15) is 0 Å². The number of nitrogens with zero attached hydrogens (tertiary/aromatic N) is 1. The number of benzene rings is 1. The first kappa shape index (κ1) is 14.1. The lowest BCUT2D eigenvalue weighted by molar-refractivity contribution is -0.131. The SMILES string of the molecule is CN(CCCCCO)C(=O)C1CC1c1ccccc1. The van der Waals surface area contributed by atoms with E-state index < -0.39 is 0 Å². The van der Waals surface area contributed by atoms with Crippen molar-refractivity contribution in [2.45, 2.75) is 31.6 Å². The molecule has 104 valence electrons. The quantitative estimate of drug-likeness (QED) is 0.766. The molecule has 1 aromatic rings. The topological polar surface area (TPSA) is 40.5 Å². The number of carbonyl (C=O) groups is 1. The first-order valence-electron chi connectivity index (χ1n) is 7.15. The molecule has 1 N–H and O–H groups in total. The number of hydrogen-bond acceptors (Lipinski definition) is 2. The molecule has 2 rings (SSSR count). The Labute approximate surface area is 115 Å². The van der Waals surface area contributed by atoms with Gasteiger partial charge in [-0.15, -0.1) is 0 Å². The zero-order chi connectivity index (χ0) is 13.7. The summed E-state index contributed by atoms with van der Waals surface area (Å²) in [6.07, 6.45) is 3.79. The second-order valence-corrected chi connectivity index (χ2v) is 5.40. The summed E-state index contributed by atoms with van der Waals surface area (Å²) in [5, 5.41) is 8.72. The minimum Gasteiger partial charge on any atom is -0.396 e. The largest absolute Gasteiger partial charge is 0.396 e. The van der Waals surface area contributed by atoms with Crippen molar-refractivity contribution < 1.29 is 9.90 Å². The Kier molecular flexibility index (Phi) is 4.97. The van der Waals surface area contributed by atoms with Crippen LogP contribution < -0.4 is 0 Å². The zero-order valence-corrected chi connectivity index (χ0v) is 11.6. The number of rotatable bonds is 7.